The number of hydrogen-bond acceptors (Lipinski definition) is 4. The normalized spacial score (nSPS) is 12.3. The van der Waals surface area contributed by atoms with E-state index in [1.54, 1.807) is 11.3 Å². The number of thiophene rings is 1. The molecule has 0 aliphatic carbocycles. The molecule has 218 valence electrons. The summed E-state index contributed by atoms with van der Waals surface area (Å²) < 4.78 is 10.3. The second kappa shape index (κ2) is 9.25. The van der Waals surface area contributed by atoms with Gasteiger partial charge in [-0.3, -0.25) is 4.57 Å². The fourth-order valence-corrected chi connectivity index (χ4v) is 8.72. The van der Waals surface area contributed by atoms with Gasteiger partial charge in [-0.15, -0.1) is 11.3 Å². The van der Waals surface area contributed by atoms with Crippen molar-refractivity contribution in [1.29, 1.82) is 0 Å². The molecule has 0 saturated carbocycles. The van der Waals surface area contributed by atoms with Crippen molar-refractivity contribution in [2.75, 3.05) is 0 Å². The third-order valence-electron chi connectivity index (χ3n) is 9.60. The Bertz CT molecular complexity index is 3080. The van der Waals surface area contributed by atoms with Crippen LogP contribution in [-0.2, 0) is 0 Å². The fraction of sp³-hybridized carbons (Fsp3) is 0. The molecule has 0 radical (unpaired) electrons. The van der Waals surface area contributed by atoms with Crippen LogP contribution in [0.4, 0.5) is 0 Å². The summed E-state index contributed by atoms with van der Waals surface area (Å²) in [6.07, 6.45) is 0. The molecule has 0 unspecified atom stereocenters. The van der Waals surface area contributed by atoms with E-state index in [1.165, 1.54) is 26.2 Å². The first-order valence-electron chi connectivity index (χ1n) is 15.8. The molecule has 0 atom stereocenters. The van der Waals surface area contributed by atoms with Crippen molar-refractivity contribution in [2.24, 2.45) is 0 Å². The predicted octanol–water partition coefficient (Wildman–Crippen LogP) is 11.8. The zero-order valence-electron chi connectivity index (χ0n) is 24.9. The van der Waals surface area contributed by atoms with Crippen molar-refractivity contribution in [3.8, 4) is 17.2 Å². The number of fused-ring (bicyclic) bond motifs is 15. The molecule has 0 N–H and O–H groups in total. The zero-order chi connectivity index (χ0) is 30.6. The monoisotopic (exact) mass is 617 g/mol. The fourth-order valence-electron chi connectivity index (χ4n) is 7.65. The molecule has 4 aromatic heterocycles. The van der Waals surface area contributed by atoms with Crippen LogP contribution in [0.5, 0.6) is 0 Å². The maximum absolute atomic E-state index is 6.85. The minimum Gasteiger partial charge on any atom is -0.454 e. The van der Waals surface area contributed by atoms with Crippen LogP contribution in [0.3, 0.4) is 0 Å². The van der Waals surface area contributed by atoms with E-state index in [0.717, 1.165) is 70.6 Å². The van der Waals surface area contributed by atoms with Crippen LogP contribution in [-0.4, -0.2) is 14.5 Å². The van der Waals surface area contributed by atoms with Crippen molar-refractivity contribution in [3.05, 3.63) is 140 Å². The lowest BCUT2D eigenvalue weighted by Gasteiger charge is -2.12. The minimum absolute atomic E-state index is 0.635. The van der Waals surface area contributed by atoms with Gasteiger partial charge in [-0.1, -0.05) is 127 Å². The maximum Gasteiger partial charge on any atom is 0.236 e. The molecular weight excluding hydrogens is 595 g/mol. The highest BCUT2D eigenvalue weighted by atomic mass is 32.1. The molecular formula is C42H23N3OS. The number of nitrogens with zero attached hydrogens (tertiary/aromatic N) is 3. The van der Waals surface area contributed by atoms with Crippen LogP contribution in [0, 0.1) is 0 Å². The molecule has 0 spiro atoms. The molecule has 4 nitrogen and oxygen atoms in total. The topological polar surface area (TPSA) is 43.9 Å². The molecule has 0 aliphatic heterocycles. The van der Waals surface area contributed by atoms with Crippen molar-refractivity contribution >= 4 is 96.9 Å². The summed E-state index contributed by atoms with van der Waals surface area (Å²) in [5, 5.41) is 11.5. The van der Waals surface area contributed by atoms with E-state index in [4.69, 9.17) is 14.4 Å². The zero-order valence-corrected chi connectivity index (χ0v) is 25.8. The summed E-state index contributed by atoms with van der Waals surface area (Å²) in [4.78, 5) is 11.9. The van der Waals surface area contributed by atoms with Gasteiger partial charge in [0.2, 0.25) is 5.95 Å². The quantitative estimate of drug-likeness (QED) is 0.194. The summed E-state index contributed by atoms with van der Waals surface area (Å²) >= 11 is 1.72. The molecule has 5 heteroatoms. The van der Waals surface area contributed by atoms with Gasteiger partial charge in [-0.2, -0.15) is 0 Å². The average molecular weight is 618 g/mol. The van der Waals surface area contributed by atoms with Crippen LogP contribution >= 0.6 is 11.3 Å². The summed E-state index contributed by atoms with van der Waals surface area (Å²) in [6.45, 7) is 0. The summed E-state index contributed by atoms with van der Waals surface area (Å²) in [6, 6.07) is 49.2. The van der Waals surface area contributed by atoms with Gasteiger partial charge in [-0.25, -0.2) is 9.97 Å². The highest BCUT2D eigenvalue weighted by Gasteiger charge is 2.26. The van der Waals surface area contributed by atoms with E-state index in [9.17, 15) is 0 Å². The highest BCUT2D eigenvalue weighted by molar-refractivity contribution is 7.25. The van der Waals surface area contributed by atoms with Crippen molar-refractivity contribution in [2.45, 2.75) is 0 Å². The number of rotatable bonds is 2. The van der Waals surface area contributed by atoms with E-state index in [1.807, 2.05) is 6.07 Å². The molecule has 0 aliphatic rings. The summed E-state index contributed by atoms with van der Waals surface area (Å²) in [7, 11) is 0. The van der Waals surface area contributed by atoms with Gasteiger partial charge in [0.05, 0.1) is 11.2 Å². The first-order valence-corrected chi connectivity index (χ1v) is 16.6. The van der Waals surface area contributed by atoms with Crippen LogP contribution in [0.1, 0.15) is 0 Å². The molecule has 0 fully saturated rings. The van der Waals surface area contributed by atoms with Gasteiger partial charge in [0, 0.05) is 48.0 Å². The summed E-state index contributed by atoms with van der Waals surface area (Å²) in [5.41, 5.74) is 5.78. The van der Waals surface area contributed by atoms with Crippen LogP contribution in [0.25, 0.3) is 103 Å². The van der Waals surface area contributed by atoms with Crippen molar-refractivity contribution in [1.82, 2.24) is 14.5 Å². The molecule has 11 rings (SSSR count). The van der Waals surface area contributed by atoms with Gasteiger partial charge in [0.25, 0.3) is 0 Å². The number of aromatic nitrogens is 3. The Labute approximate surface area is 271 Å². The van der Waals surface area contributed by atoms with E-state index in [2.05, 4.69) is 138 Å². The lowest BCUT2D eigenvalue weighted by molar-refractivity contribution is 0.671. The SMILES string of the molecule is c1ccc(-c2nc(-n3c4c5ccccc5ccc4c4c5ccccc5c5c6ccccc6oc5c43)nc3sc4ccccc4c23)cc1. The second-order valence-corrected chi connectivity index (χ2v) is 13.1. The van der Waals surface area contributed by atoms with Gasteiger partial charge in [0.15, 0.2) is 5.58 Å². The third-order valence-corrected chi connectivity index (χ3v) is 10.7. The molecule has 47 heavy (non-hydrogen) atoms. The Morgan fingerprint density at radius 2 is 1.17 bits per heavy atom. The Hall–Kier alpha value is -6.04. The van der Waals surface area contributed by atoms with Crippen molar-refractivity contribution in [3.63, 3.8) is 0 Å². The molecule has 0 bridgehead atoms. The van der Waals surface area contributed by atoms with Crippen LogP contribution in [0.2, 0.25) is 0 Å². The largest absolute Gasteiger partial charge is 0.454 e. The van der Waals surface area contributed by atoms with Gasteiger partial charge in [-0.05, 0) is 28.3 Å². The van der Waals surface area contributed by atoms with Gasteiger partial charge in [0.1, 0.15) is 15.9 Å². The standard InChI is InChI=1S/C42H23N3OS/c1-2-13-25(14-3-1)37-36-30-19-9-11-21-33(30)47-41(36)44-42(43-37)45-38-26-15-5-4-12-24(26)22-23-31(38)34-27-16-6-7-17-28(27)35-29-18-8-10-20-32(29)46-40(35)39(34)45/h1-23H. The lowest BCUT2D eigenvalue weighted by Crippen LogP contribution is -2.03. The Balaban J connectivity index is 1.43. The first kappa shape index (κ1) is 25.2. The maximum atomic E-state index is 6.85. The van der Waals surface area contributed by atoms with E-state index >= 15 is 0 Å². The van der Waals surface area contributed by atoms with Crippen LogP contribution < -0.4 is 0 Å². The molecule has 0 amide bonds. The Kier molecular flexibility index (Phi) is 4.96. The van der Waals surface area contributed by atoms with E-state index < -0.39 is 0 Å². The van der Waals surface area contributed by atoms with E-state index in [0.29, 0.717) is 5.95 Å². The first-order chi connectivity index (χ1) is 23.3. The molecule has 0 saturated heterocycles. The molecule has 11 aromatic rings. The highest BCUT2D eigenvalue weighted by Crippen LogP contribution is 2.47. The van der Waals surface area contributed by atoms with Gasteiger partial charge >= 0.3 is 0 Å². The molecule has 7 aromatic carbocycles. The van der Waals surface area contributed by atoms with Crippen molar-refractivity contribution < 1.29 is 4.42 Å². The number of benzene rings is 7. The number of furan rings is 1. The van der Waals surface area contributed by atoms with E-state index in [-0.39, 0.29) is 0 Å². The predicted molar refractivity (Wildman–Crippen MR) is 197 cm³/mol. The lowest BCUT2D eigenvalue weighted by atomic mass is 9.98. The minimum atomic E-state index is 0.635. The van der Waals surface area contributed by atoms with Crippen LogP contribution in [0.15, 0.2) is 144 Å². The number of para-hydroxylation sites is 1. The molecule has 4 heterocycles. The second-order valence-electron chi connectivity index (χ2n) is 12.1. The number of hydrogen-bond donors (Lipinski definition) is 0. The Morgan fingerprint density at radius 3 is 2.02 bits per heavy atom. The Morgan fingerprint density at radius 1 is 0.489 bits per heavy atom. The van der Waals surface area contributed by atoms with Gasteiger partial charge < -0.3 is 4.42 Å². The third kappa shape index (κ3) is 3.36. The average Bonchev–Trinajstić information content (AvgIpc) is 3.82. The summed E-state index contributed by atoms with van der Waals surface area (Å²) in [5.74, 6) is 0.635. The smallest absolute Gasteiger partial charge is 0.236 e.